The summed E-state index contributed by atoms with van der Waals surface area (Å²) in [4.78, 5) is 12.3. The predicted molar refractivity (Wildman–Crippen MR) is 101 cm³/mol. The van der Waals surface area contributed by atoms with Crippen LogP contribution in [0.5, 0.6) is 5.75 Å². The van der Waals surface area contributed by atoms with Gasteiger partial charge in [-0.1, -0.05) is 6.42 Å². The molecule has 3 N–H and O–H groups in total. The summed E-state index contributed by atoms with van der Waals surface area (Å²) in [7, 11) is -2.67. The van der Waals surface area contributed by atoms with Crippen LogP contribution in [0.1, 0.15) is 33.1 Å². The van der Waals surface area contributed by atoms with Gasteiger partial charge in [0.05, 0.1) is 16.8 Å². The van der Waals surface area contributed by atoms with Gasteiger partial charge in [0.25, 0.3) is 5.91 Å². The molecule has 0 saturated carbocycles. The highest BCUT2D eigenvalue weighted by Crippen LogP contribution is 2.42. The molecular weight excluding hydrogens is 376 g/mol. The molecule has 0 spiro atoms. The highest BCUT2D eigenvalue weighted by atomic mass is 32.2. The van der Waals surface area contributed by atoms with E-state index in [2.05, 4.69) is 0 Å². The first-order chi connectivity index (χ1) is 12.1. The Hall–Kier alpha value is -1.29. The van der Waals surface area contributed by atoms with E-state index in [0.29, 0.717) is 17.9 Å². The van der Waals surface area contributed by atoms with E-state index >= 15 is 0 Å². The lowest BCUT2D eigenvalue weighted by atomic mass is 9.97. The second kappa shape index (κ2) is 7.75. The smallest absolute Gasteiger partial charge is 0.267 e. The molecule has 1 heterocycles. The summed E-state index contributed by atoms with van der Waals surface area (Å²) < 4.78 is 31.4. The molecule has 1 fully saturated rings. The molecule has 1 aromatic rings. The van der Waals surface area contributed by atoms with Crippen LogP contribution in [-0.2, 0) is 14.8 Å². The van der Waals surface area contributed by atoms with Gasteiger partial charge in [0, 0.05) is 6.54 Å². The van der Waals surface area contributed by atoms with Gasteiger partial charge in [-0.25, -0.2) is 8.42 Å². The topological polar surface area (TPSA) is 110 Å². The first kappa shape index (κ1) is 21.0. The van der Waals surface area contributed by atoms with Gasteiger partial charge in [-0.3, -0.25) is 4.79 Å². The summed E-state index contributed by atoms with van der Waals surface area (Å²) in [5.41, 5.74) is 3.18. The number of methoxy groups -OCH3 is 1. The minimum absolute atomic E-state index is 0.0117. The molecule has 1 amide bonds. The Morgan fingerprint density at radius 3 is 2.38 bits per heavy atom. The molecule has 0 bridgehead atoms. The Labute approximate surface area is 158 Å². The van der Waals surface area contributed by atoms with Gasteiger partial charge in [0.15, 0.2) is 0 Å². The third-order valence-electron chi connectivity index (χ3n) is 4.66. The summed E-state index contributed by atoms with van der Waals surface area (Å²) in [5.74, 6) is 0.141. The van der Waals surface area contributed by atoms with Crippen LogP contribution >= 0.6 is 11.8 Å². The summed E-state index contributed by atoms with van der Waals surface area (Å²) in [6.45, 7) is 3.30. The summed E-state index contributed by atoms with van der Waals surface area (Å²) >= 11 is 1.35. The Morgan fingerprint density at radius 1 is 1.23 bits per heavy atom. The highest BCUT2D eigenvalue weighted by Gasteiger charge is 2.57. The Morgan fingerprint density at radius 2 is 1.85 bits per heavy atom. The van der Waals surface area contributed by atoms with Crippen molar-refractivity contribution in [1.82, 2.24) is 4.31 Å². The number of nitrogens with two attached hydrogens (primary N) is 1. The third-order valence-corrected chi connectivity index (χ3v) is 8.05. The van der Waals surface area contributed by atoms with E-state index in [9.17, 15) is 18.3 Å². The molecule has 0 aromatic heterocycles. The zero-order valence-corrected chi connectivity index (χ0v) is 16.9. The van der Waals surface area contributed by atoms with Gasteiger partial charge >= 0.3 is 0 Å². The number of rotatable bonds is 4. The van der Waals surface area contributed by atoms with Crippen molar-refractivity contribution in [2.24, 2.45) is 5.73 Å². The van der Waals surface area contributed by atoms with E-state index < -0.39 is 26.4 Å². The van der Waals surface area contributed by atoms with Crippen molar-refractivity contribution in [1.29, 1.82) is 0 Å². The molecule has 2 rings (SSSR count). The van der Waals surface area contributed by atoms with Crippen LogP contribution < -0.4 is 10.5 Å². The van der Waals surface area contributed by atoms with E-state index in [1.807, 2.05) is 0 Å². The van der Waals surface area contributed by atoms with E-state index in [1.54, 1.807) is 13.8 Å². The average molecular weight is 403 g/mol. The number of aliphatic hydroxyl groups is 1. The van der Waals surface area contributed by atoms with Crippen LogP contribution in [-0.4, -0.2) is 53.6 Å². The predicted octanol–water partition coefficient (Wildman–Crippen LogP) is 1.56. The number of benzene rings is 1. The maximum atomic E-state index is 13.3. The number of sulfonamides is 1. The molecule has 1 aliphatic rings. The number of nitrogens with zero attached hydrogens (tertiary/aromatic N) is 1. The number of ether oxygens (including phenoxy) is 1. The van der Waals surface area contributed by atoms with E-state index in [0.717, 1.165) is 17.1 Å². The van der Waals surface area contributed by atoms with Gasteiger partial charge in [-0.05, 0) is 56.7 Å². The van der Waals surface area contributed by atoms with Crippen molar-refractivity contribution in [3.05, 3.63) is 24.3 Å². The van der Waals surface area contributed by atoms with Crippen LogP contribution in [0.3, 0.4) is 0 Å². The van der Waals surface area contributed by atoms with Crippen molar-refractivity contribution in [2.75, 3.05) is 19.4 Å². The van der Waals surface area contributed by atoms with E-state index in [-0.39, 0.29) is 11.4 Å². The van der Waals surface area contributed by atoms with Gasteiger partial charge in [-0.15, -0.1) is 0 Å². The van der Waals surface area contributed by atoms with E-state index in [1.165, 1.54) is 43.1 Å². The minimum atomic E-state index is -4.15. The number of hydrogen-bond acceptors (Lipinski definition) is 6. The van der Waals surface area contributed by atoms with E-state index in [4.69, 9.17) is 10.5 Å². The van der Waals surface area contributed by atoms with Gasteiger partial charge in [0.2, 0.25) is 15.7 Å². The number of hydrogen-bond donors (Lipinski definition) is 2. The standard InChI is InChI=1S/C17H26N2O5S2/c1-16(2)17(21,15(18)20)19(11-5-4-6-12-25-16)26(22,23)14-9-7-13(24-3)8-10-14/h7-10,21H,4-6,11-12H2,1-3H3,(H2,18,20). The quantitative estimate of drug-likeness (QED) is 0.791. The molecule has 1 unspecified atom stereocenters. The molecule has 26 heavy (non-hydrogen) atoms. The minimum Gasteiger partial charge on any atom is -0.497 e. The maximum Gasteiger partial charge on any atom is 0.267 e. The second-order valence-electron chi connectivity index (χ2n) is 6.71. The van der Waals surface area contributed by atoms with Crippen molar-refractivity contribution < 1.29 is 23.1 Å². The van der Waals surface area contributed by atoms with Crippen molar-refractivity contribution in [3.8, 4) is 5.75 Å². The highest BCUT2D eigenvalue weighted by molar-refractivity contribution is 8.00. The molecule has 0 radical (unpaired) electrons. The summed E-state index contributed by atoms with van der Waals surface area (Å²) in [5, 5.41) is 11.3. The largest absolute Gasteiger partial charge is 0.497 e. The Balaban J connectivity index is 2.59. The summed E-state index contributed by atoms with van der Waals surface area (Å²) in [6.07, 6.45) is 2.20. The fraction of sp³-hybridized carbons (Fsp3) is 0.588. The SMILES string of the molecule is COc1ccc(S(=O)(=O)N2CCCCCSC(C)(C)C2(O)C(N)=O)cc1. The zero-order valence-electron chi connectivity index (χ0n) is 15.3. The molecule has 146 valence electrons. The van der Waals surface area contributed by atoms with Crippen LogP contribution in [0, 0.1) is 0 Å². The molecule has 1 atom stereocenters. The number of thioether (sulfide) groups is 1. The van der Waals surface area contributed by atoms with Gasteiger partial charge < -0.3 is 15.6 Å². The number of primary amides is 1. The molecule has 1 saturated heterocycles. The molecule has 1 aromatic carbocycles. The number of amides is 1. The Kier molecular flexibility index (Phi) is 6.27. The van der Waals surface area contributed by atoms with Crippen molar-refractivity contribution >= 4 is 27.7 Å². The molecule has 1 aliphatic heterocycles. The van der Waals surface area contributed by atoms with Crippen LogP contribution in [0.15, 0.2) is 29.2 Å². The first-order valence-electron chi connectivity index (χ1n) is 8.40. The fourth-order valence-electron chi connectivity index (χ4n) is 3.01. The van der Waals surface area contributed by atoms with Crippen molar-refractivity contribution in [3.63, 3.8) is 0 Å². The van der Waals surface area contributed by atoms with Crippen LogP contribution in [0.2, 0.25) is 0 Å². The normalized spacial score (nSPS) is 24.9. The Bertz CT molecular complexity index is 749. The third kappa shape index (κ3) is 3.71. The lowest BCUT2D eigenvalue weighted by Gasteiger charge is -2.45. The maximum absolute atomic E-state index is 13.3. The number of carbonyl (C=O) groups is 1. The molecule has 9 heteroatoms. The second-order valence-corrected chi connectivity index (χ2v) is 10.3. The lowest BCUT2D eigenvalue weighted by molar-refractivity contribution is -0.154. The average Bonchev–Trinajstić information content (AvgIpc) is 2.65. The van der Waals surface area contributed by atoms with Gasteiger partial charge in [0.1, 0.15) is 5.75 Å². The van der Waals surface area contributed by atoms with Crippen molar-refractivity contribution in [2.45, 2.75) is 48.5 Å². The fourth-order valence-corrected chi connectivity index (χ4v) is 6.11. The molecule has 7 nitrogen and oxygen atoms in total. The zero-order chi connectivity index (χ0) is 19.6. The van der Waals surface area contributed by atoms with Crippen LogP contribution in [0.25, 0.3) is 0 Å². The number of carbonyl (C=O) groups excluding carboxylic acids is 1. The molecular formula is C17H26N2O5S2. The monoisotopic (exact) mass is 402 g/mol. The molecule has 0 aliphatic carbocycles. The van der Waals surface area contributed by atoms with Gasteiger partial charge in [-0.2, -0.15) is 16.1 Å². The summed E-state index contributed by atoms with van der Waals surface area (Å²) in [6, 6.07) is 5.82. The first-order valence-corrected chi connectivity index (χ1v) is 10.8. The lowest BCUT2D eigenvalue weighted by Crippen LogP contribution is -2.69. The van der Waals surface area contributed by atoms with Crippen LogP contribution in [0.4, 0.5) is 0 Å².